The summed E-state index contributed by atoms with van der Waals surface area (Å²) in [6.45, 7) is 4.25. The summed E-state index contributed by atoms with van der Waals surface area (Å²) in [6.07, 6.45) is 1.97. The maximum Gasteiger partial charge on any atom is 0.160 e. The van der Waals surface area contributed by atoms with Gasteiger partial charge >= 0.3 is 0 Å². The monoisotopic (exact) mass is 743 g/mol. The molecule has 4 nitrogen and oxygen atoms in total. The van der Waals surface area contributed by atoms with E-state index in [-0.39, 0.29) is 0 Å². The number of rotatable bonds is 5. The average Bonchev–Trinajstić information content (AvgIpc) is 3.57. The van der Waals surface area contributed by atoms with E-state index in [1.165, 1.54) is 22.3 Å². The quantitative estimate of drug-likeness (QED) is 0.176. The van der Waals surface area contributed by atoms with Gasteiger partial charge in [-0.25, -0.2) is 9.97 Å². The number of fused-ring (bicyclic) bond motifs is 9. The Morgan fingerprint density at radius 1 is 0.431 bits per heavy atom. The van der Waals surface area contributed by atoms with Crippen LogP contribution in [0.1, 0.15) is 33.4 Å². The van der Waals surface area contributed by atoms with Gasteiger partial charge < -0.3 is 4.74 Å². The van der Waals surface area contributed by atoms with E-state index >= 15 is 0 Å². The number of para-hydroxylation sites is 2. The van der Waals surface area contributed by atoms with Crippen molar-refractivity contribution >= 4 is 0 Å². The first kappa shape index (κ1) is 33.9. The SMILES string of the molecule is Cc1cnc(-c2ccccc2-c2cccc3c2-c2cc(-c4cc(-c5ccccc5)nc(-c5ccccc5)n4)ccc2C32c3ccccc3Oc3ccccc32)c(C)c1. The number of hydrogen-bond donors (Lipinski definition) is 0. The predicted molar refractivity (Wildman–Crippen MR) is 234 cm³/mol. The molecule has 1 aliphatic heterocycles. The Morgan fingerprint density at radius 2 is 1.02 bits per heavy atom. The first-order valence-corrected chi connectivity index (χ1v) is 19.8. The molecule has 1 aliphatic carbocycles. The summed E-state index contributed by atoms with van der Waals surface area (Å²) in [5.41, 5.74) is 17.9. The minimum atomic E-state index is -0.631. The van der Waals surface area contributed by atoms with Crippen LogP contribution in [0.2, 0.25) is 0 Å². The second-order valence-corrected chi connectivity index (χ2v) is 15.3. The van der Waals surface area contributed by atoms with Gasteiger partial charge in [0.15, 0.2) is 5.82 Å². The van der Waals surface area contributed by atoms with Gasteiger partial charge in [-0.3, -0.25) is 4.98 Å². The first-order chi connectivity index (χ1) is 28.6. The number of benzene rings is 7. The third kappa shape index (κ3) is 5.19. The zero-order chi connectivity index (χ0) is 38.8. The molecule has 7 aromatic carbocycles. The standard InChI is InChI=1S/C54H37N3O/c1-34-30-35(2)52(55-33-34)41-21-10-9-20-39(41)40-22-15-25-46-51(40)42-31-38(48-32-47(36-16-5-3-6-17-36)56-53(57-48)37-18-7-4-8-19-37)28-29-43(42)54(46)44-23-11-13-26-49(44)58-50-27-14-12-24-45(50)54/h3-33H,1-2H3. The van der Waals surface area contributed by atoms with Gasteiger partial charge in [0.25, 0.3) is 0 Å². The fraction of sp³-hybridized carbons (Fsp3) is 0.0556. The maximum absolute atomic E-state index is 6.69. The molecule has 1 spiro atoms. The largest absolute Gasteiger partial charge is 0.457 e. The molecule has 274 valence electrons. The van der Waals surface area contributed by atoms with Crippen LogP contribution < -0.4 is 4.74 Å². The molecule has 0 atom stereocenters. The highest BCUT2D eigenvalue weighted by atomic mass is 16.5. The van der Waals surface area contributed by atoms with Crippen LogP contribution in [0.5, 0.6) is 11.5 Å². The third-order valence-corrected chi connectivity index (χ3v) is 11.8. The summed E-state index contributed by atoms with van der Waals surface area (Å²) in [7, 11) is 0. The van der Waals surface area contributed by atoms with Crippen LogP contribution in [0.3, 0.4) is 0 Å². The molecule has 9 aromatic rings. The molecule has 0 amide bonds. The van der Waals surface area contributed by atoms with E-state index in [1.54, 1.807) is 0 Å². The number of hydrogen-bond acceptors (Lipinski definition) is 4. The van der Waals surface area contributed by atoms with Gasteiger partial charge in [0.05, 0.1) is 22.5 Å². The fourth-order valence-corrected chi connectivity index (χ4v) is 9.33. The maximum atomic E-state index is 6.69. The highest BCUT2D eigenvalue weighted by Gasteiger charge is 2.51. The smallest absolute Gasteiger partial charge is 0.160 e. The number of pyridine rings is 1. The molecule has 0 saturated heterocycles. The van der Waals surface area contributed by atoms with Crippen molar-refractivity contribution in [2.45, 2.75) is 19.3 Å². The molecule has 0 N–H and O–H groups in total. The van der Waals surface area contributed by atoms with E-state index in [0.717, 1.165) is 84.2 Å². The Morgan fingerprint density at radius 3 is 1.72 bits per heavy atom. The molecule has 2 aliphatic rings. The van der Waals surface area contributed by atoms with Crippen LogP contribution in [0.15, 0.2) is 188 Å². The summed E-state index contributed by atoms with van der Waals surface area (Å²) in [6, 6.07) is 64.5. The second-order valence-electron chi connectivity index (χ2n) is 15.3. The Balaban J connectivity index is 1.22. The summed E-state index contributed by atoms with van der Waals surface area (Å²) in [5, 5.41) is 0. The minimum absolute atomic E-state index is 0.631. The number of ether oxygens (including phenoxy) is 1. The van der Waals surface area contributed by atoms with Crippen LogP contribution in [-0.4, -0.2) is 15.0 Å². The van der Waals surface area contributed by atoms with Crippen molar-refractivity contribution in [3.8, 4) is 78.9 Å². The lowest BCUT2D eigenvalue weighted by atomic mass is 9.66. The fourth-order valence-electron chi connectivity index (χ4n) is 9.33. The molecule has 4 heteroatoms. The average molecular weight is 744 g/mol. The molecule has 3 heterocycles. The Hall–Kier alpha value is -7.43. The lowest BCUT2D eigenvalue weighted by Crippen LogP contribution is -2.32. The van der Waals surface area contributed by atoms with Crippen LogP contribution in [0, 0.1) is 13.8 Å². The molecule has 0 fully saturated rings. The number of aryl methyl sites for hydroxylation is 2. The molecular weight excluding hydrogens is 707 g/mol. The number of aromatic nitrogens is 3. The van der Waals surface area contributed by atoms with E-state index in [9.17, 15) is 0 Å². The van der Waals surface area contributed by atoms with E-state index in [1.807, 2.05) is 30.5 Å². The van der Waals surface area contributed by atoms with E-state index in [0.29, 0.717) is 5.82 Å². The molecule has 0 unspecified atom stereocenters. The van der Waals surface area contributed by atoms with E-state index in [2.05, 4.69) is 172 Å². The molecule has 0 radical (unpaired) electrons. The van der Waals surface area contributed by atoms with Crippen molar-refractivity contribution in [3.05, 3.63) is 222 Å². The first-order valence-electron chi connectivity index (χ1n) is 19.8. The minimum Gasteiger partial charge on any atom is -0.457 e. The summed E-state index contributed by atoms with van der Waals surface area (Å²) >= 11 is 0. The van der Waals surface area contributed by atoms with Crippen molar-refractivity contribution in [1.29, 1.82) is 0 Å². The molecular formula is C54H37N3O. The molecule has 11 rings (SSSR count). The van der Waals surface area contributed by atoms with Crippen LogP contribution >= 0.6 is 0 Å². The van der Waals surface area contributed by atoms with Gasteiger partial charge in [0.1, 0.15) is 11.5 Å². The molecule has 58 heavy (non-hydrogen) atoms. The van der Waals surface area contributed by atoms with E-state index in [4.69, 9.17) is 19.7 Å². The Bertz CT molecular complexity index is 2960. The van der Waals surface area contributed by atoms with Crippen molar-refractivity contribution in [2.75, 3.05) is 0 Å². The predicted octanol–water partition coefficient (Wildman–Crippen LogP) is 13.3. The Kier molecular flexibility index (Phi) is 7.80. The van der Waals surface area contributed by atoms with Gasteiger partial charge in [-0.05, 0) is 82.6 Å². The van der Waals surface area contributed by atoms with Gasteiger partial charge in [-0.1, -0.05) is 158 Å². The summed E-state index contributed by atoms with van der Waals surface area (Å²) in [4.78, 5) is 15.4. The zero-order valence-corrected chi connectivity index (χ0v) is 32.1. The normalized spacial score (nSPS) is 12.9. The van der Waals surface area contributed by atoms with Gasteiger partial charge in [-0.15, -0.1) is 0 Å². The van der Waals surface area contributed by atoms with Crippen molar-refractivity contribution in [1.82, 2.24) is 15.0 Å². The zero-order valence-electron chi connectivity index (χ0n) is 32.1. The molecule has 2 aromatic heterocycles. The lowest BCUT2D eigenvalue weighted by molar-refractivity contribution is 0.436. The second kappa shape index (κ2) is 13.4. The molecule has 0 saturated carbocycles. The summed E-state index contributed by atoms with van der Waals surface area (Å²) in [5.74, 6) is 2.42. The van der Waals surface area contributed by atoms with E-state index < -0.39 is 5.41 Å². The van der Waals surface area contributed by atoms with Crippen LogP contribution in [0.25, 0.3) is 67.4 Å². The van der Waals surface area contributed by atoms with Crippen LogP contribution in [0.4, 0.5) is 0 Å². The van der Waals surface area contributed by atoms with Gasteiger partial charge in [-0.2, -0.15) is 0 Å². The molecule has 0 bridgehead atoms. The van der Waals surface area contributed by atoms with Crippen molar-refractivity contribution < 1.29 is 4.74 Å². The highest BCUT2D eigenvalue weighted by Crippen LogP contribution is 2.64. The summed E-state index contributed by atoms with van der Waals surface area (Å²) < 4.78 is 6.69. The Labute approximate surface area is 338 Å². The van der Waals surface area contributed by atoms with Gasteiger partial charge in [0, 0.05) is 39.6 Å². The topological polar surface area (TPSA) is 47.9 Å². The highest BCUT2D eigenvalue weighted by molar-refractivity contribution is 6.00. The van der Waals surface area contributed by atoms with Crippen LogP contribution in [-0.2, 0) is 5.41 Å². The number of nitrogens with zero attached hydrogens (tertiary/aromatic N) is 3. The third-order valence-electron chi connectivity index (χ3n) is 11.8. The van der Waals surface area contributed by atoms with Crippen molar-refractivity contribution in [2.24, 2.45) is 0 Å². The lowest BCUT2D eigenvalue weighted by Gasteiger charge is -2.39. The van der Waals surface area contributed by atoms with Gasteiger partial charge in [0.2, 0.25) is 0 Å². The van der Waals surface area contributed by atoms with Crippen molar-refractivity contribution in [3.63, 3.8) is 0 Å².